The van der Waals surface area contributed by atoms with Crippen molar-refractivity contribution < 1.29 is 22.7 Å². The predicted octanol–water partition coefficient (Wildman–Crippen LogP) is 3.61. The normalized spacial score (nSPS) is 11.6. The summed E-state index contributed by atoms with van der Waals surface area (Å²) in [5.41, 5.74) is -1.47. The summed E-state index contributed by atoms with van der Waals surface area (Å²) in [7, 11) is 0. The lowest BCUT2D eigenvalue weighted by Gasteiger charge is -2.13. The third kappa shape index (κ3) is 2.27. The van der Waals surface area contributed by atoms with Crippen molar-refractivity contribution in [1.29, 1.82) is 0 Å². The van der Waals surface area contributed by atoms with Gasteiger partial charge < -0.3 is 5.11 Å². The van der Waals surface area contributed by atoms with Gasteiger partial charge in [0.15, 0.2) is 0 Å². The molecule has 94 valence electrons. The second-order valence-electron chi connectivity index (χ2n) is 3.57. The Morgan fingerprint density at radius 1 is 1.06 bits per heavy atom. The van der Waals surface area contributed by atoms with Gasteiger partial charge in [-0.05, 0) is 11.6 Å². The molecule has 0 saturated heterocycles. The van der Waals surface area contributed by atoms with Crippen LogP contribution in [0.3, 0.4) is 0 Å². The summed E-state index contributed by atoms with van der Waals surface area (Å²) in [5, 5.41) is 9.48. The summed E-state index contributed by atoms with van der Waals surface area (Å²) >= 11 is 0. The average Bonchev–Trinajstić information content (AvgIpc) is 2.31. The Hall–Kier alpha value is -2.11. The number of aromatic hydroxyl groups is 1. The van der Waals surface area contributed by atoms with Crippen LogP contribution in [0.15, 0.2) is 36.5 Å². The van der Waals surface area contributed by atoms with Crippen LogP contribution < -0.4 is 0 Å². The summed E-state index contributed by atoms with van der Waals surface area (Å²) in [6.07, 6.45) is -3.80. The van der Waals surface area contributed by atoms with E-state index < -0.39 is 23.4 Å². The van der Waals surface area contributed by atoms with Gasteiger partial charge in [-0.1, -0.05) is 18.2 Å². The topological polar surface area (TPSA) is 33.1 Å². The van der Waals surface area contributed by atoms with E-state index in [0.717, 1.165) is 24.4 Å². The first-order chi connectivity index (χ1) is 8.39. The summed E-state index contributed by atoms with van der Waals surface area (Å²) < 4.78 is 51.3. The molecular weight excluding hydrogens is 250 g/mol. The highest BCUT2D eigenvalue weighted by atomic mass is 19.4. The third-order valence-electron chi connectivity index (χ3n) is 2.37. The Morgan fingerprint density at radius 3 is 2.39 bits per heavy atom. The Labute approximate surface area is 99.5 Å². The predicted molar refractivity (Wildman–Crippen MR) is 56.3 cm³/mol. The number of hydrogen-bond acceptors (Lipinski definition) is 2. The number of halogens is 4. The molecule has 2 rings (SSSR count). The van der Waals surface area contributed by atoms with Crippen molar-refractivity contribution >= 4 is 0 Å². The molecule has 1 aromatic carbocycles. The van der Waals surface area contributed by atoms with Gasteiger partial charge in [0.25, 0.3) is 0 Å². The second-order valence-corrected chi connectivity index (χ2v) is 3.57. The lowest BCUT2D eigenvalue weighted by molar-refractivity contribution is -0.137. The van der Waals surface area contributed by atoms with Gasteiger partial charge >= 0.3 is 6.18 Å². The molecule has 0 saturated carbocycles. The molecule has 1 N–H and O–H groups in total. The minimum atomic E-state index is -4.58. The smallest absolute Gasteiger partial charge is 0.417 e. The van der Waals surface area contributed by atoms with Crippen molar-refractivity contribution in [1.82, 2.24) is 4.98 Å². The molecule has 1 heterocycles. The summed E-state index contributed by atoms with van der Waals surface area (Å²) in [6.45, 7) is 0. The van der Waals surface area contributed by atoms with Gasteiger partial charge in [-0.2, -0.15) is 17.6 Å². The molecule has 2 aromatic rings. The highest BCUT2D eigenvalue weighted by Crippen LogP contribution is 2.39. The van der Waals surface area contributed by atoms with Crippen LogP contribution in [0.25, 0.3) is 11.1 Å². The largest absolute Gasteiger partial charge is 0.506 e. The van der Waals surface area contributed by atoms with Crippen LogP contribution in [-0.2, 0) is 6.18 Å². The van der Waals surface area contributed by atoms with Crippen molar-refractivity contribution in [3.63, 3.8) is 0 Å². The maximum Gasteiger partial charge on any atom is 0.417 e. The molecule has 0 atom stereocenters. The van der Waals surface area contributed by atoms with E-state index in [-0.39, 0.29) is 11.1 Å². The number of aromatic nitrogens is 1. The highest BCUT2D eigenvalue weighted by Gasteiger charge is 2.33. The maximum atomic E-state index is 13.0. The fraction of sp³-hybridized carbons (Fsp3) is 0.0833. The maximum absolute atomic E-state index is 13.0. The van der Waals surface area contributed by atoms with E-state index in [1.807, 2.05) is 0 Å². The molecule has 18 heavy (non-hydrogen) atoms. The first-order valence-electron chi connectivity index (χ1n) is 4.90. The van der Waals surface area contributed by atoms with Crippen LogP contribution in [0.2, 0.25) is 0 Å². The van der Waals surface area contributed by atoms with E-state index in [1.165, 1.54) is 12.1 Å². The summed E-state index contributed by atoms with van der Waals surface area (Å²) in [5.74, 6) is -1.46. The Morgan fingerprint density at radius 2 is 1.72 bits per heavy atom. The van der Waals surface area contributed by atoms with E-state index in [9.17, 15) is 22.7 Å². The fourth-order valence-corrected chi connectivity index (χ4v) is 1.60. The number of pyridine rings is 1. The van der Waals surface area contributed by atoms with Gasteiger partial charge in [-0.15, -0.1) is 0 Å². The molecular formula is C12H7F4NO. The first-order valence-corrected chi connectivity index (χ1v) is 4.90. The summed E-state index contributed by atoms with van der Waals surface area (Å²) in [4.78, 5) is 3.16. The van der Waals surface area contributed by atoms with Crippen LogP contribution >= 0.6 is 0 Å². The Balaban J connectivity index is 2.68. The number of benzene rings is 1. The van der Waals surface area contributed by atoms with Gasteiger partial charge in [0, 0.05) is 11.6 Å². The van der Waals surface area contributed by atoms with E-state index in [2.05, 4.69) is 4.98 Å². The second kappa shape index (κ2) is 4.29. The number of nitrogens with zero attached hydrogens (tertiary/aromatic N) is 1. The lowest BCUT2D eigenvalue weighted by atomic mass is 9.99. The quantitative estimate of drug-likeness (QED) is 0.625. The molecule has 0 radical (unpaired) electrons. The standard InChI is InChI=1S/C12H7F4NO/c13-11-5-8(10(18)6-17-11)7-3-1-2-4-9(7)12(14,15)16/h1-6,18H. The van der Waals surface area contributed by atoms with Crippen molar-refractivity contribution in [3.05, 3.63) is 48.0 Å². The number of hydrogen-bond donors (Lipinski definition) is 1. The minimum absolute atomic E-state index is 0.240. The van der Waals surface area contributed by atoms with Crippen molar-refractivity contribution in [2.24, 2.45) is 0 Å². The molecule has 0 fully saturated rings. The molecule has 6 heteroatoms. The number of alkyl halides is 3. The molecule has 0 aliphatic carbocycles. The third-order valence-corrected chi connectivity index (χ3v) is 2.37. The van der Waals surface area contributed by atoms with Crippen LogP contribution in [0.5, 0.6) is 5.75 Å². The Bertz CT molecular complexity index is 581. The van der Waals surface area contributed by atoms with Crippen LogP contribution in [0.1, 0.15) is 5.56 Å². The molecule has 0 aliphatic rings. The lowest BCUT2D eigenvalue weighted by Crippen LogP contribution is -2.07. The highest BCUT2D eigenvalue weighted by molar-refractivity contribution is 5.72. The van der Waals surface area contributed by atoms with Crippen LogP contribution in [0, 0.1) is 5.95 Å². The number of rotatable bonds is 1. The van der Waals surface area contributed by atoms with Crippen molar-refractivity contribution in [3.8, 4) is 16.9 Å². The van der Waals surface area contributed by atoms with Crippen LogP contribution in [-0.4, -0.2) is 10.1 Å². The zero-order chi connectivity index (χ0) is 13.3. The van der Waals surface area contributed by atoms with E-state index in [4.69, 9.17) is 0 Å². The van der Waals surface area contributed by atoms with Crippen LogP contribution in [0.4, 0.5) is 17.6 Å². The Kier molecular flexibility index (Phi) is 2.94. The molecule has 2 nitrogen and oxygen atoms in total. The SMILES string of the molecule is Oc1cnc(F)cc1-c1ccccc1C(F)(F)F. The molecule has 0 spiro atoms. The average molecular weight is 257 g/mol. The van der Waals surface area contributed by atoms with E-state index >= 15 is 0 Å². The van der Waals surface area contributed by atoms with Gasteiger partial charge in [-0.25, -0.2) is 4.98 Å². The monoisotopic (exact) mass is 257 g/mol. The van der Waals surface area contributed by atoms with Gasteiger partial charge in [0.05, 0.1) is 11.8 Å². The van der Waals surface area contributed by atoms with E-state index in [1.54, 1.807) is 0 Å². The van der Waals surface area contributed by atoms with Crippen molar-refractivity contribution in [2.75, 3.05) is 0 Å². The molecule has 0 bridgehead atoms. The zero-order valence-corrected chi connectivity index (χ0v) is 8.87. The molecule has 0 unspecified atom stereocenters. The minimum Gasteiger partial charge on any atom is -0.506 e. The van der Waals surface area contributed by atoms with Crippen molar-refractivity contribution in [2.45, 2.75) is 6.18 Å². The van der Waals surface area contributed by atoms with Gasteiger partial charge in [0.2, 0.25) is 5.95 Å². The summed E-state index contributed by atoms with van der Waals surface area (Å²) in [6, 6.07) is 5.40. The first kappa shape index (κ1) is 12.3. The van der Waals surface area contributed by atoms with E-state index in [0.29, 0.717) is 0 Å². The molecule has 1 aromatic heterocycles. The molecule has 0 aliphatic heterocycles. The molecule has 0 amide bonds. The van der Waals surface area contributed by atoms with Gasteiger partial charge in [0.1, 0.15) is 5.75 Å². The van der Waals surface area contributed by atoms with Gasteiger partial charge in [-0.3, -0.25) is 0 Å². The zero-order valence-electron chi connectivity index (χ0n) is 8.87. The fourth-order valence-electron chi connectivity index (χ4n) is 1.60.